The van der Waals surface area contributed by atoms with Crippen LogP contribution in [0.15, 0.2) is 18.2 Å². The molecule has 0 atom stereocenters. The van der Waals surface area contributed by atoms with Crippen LogP contribution in [0.1, 0.15) is 26.2 Å². The van der Waals surface area contributed by atoms with Crippen LogP contribution in [0.25, 0.3) is 0 Å². The van der Waals surface area contributed by atoms with Crippen molar-refractivity contribution in [1.29, 1.82) is 0 Å². The fourth-order valence-electron chi connectivity index (χ4n) is 2.61. The number of urea groups is 1. The molecule has 0 aromatic heterocycles. The molecule has 122 valence electrons. The smallest absolute Gasteiger partial charge is 0.317 e. The van der Waals surface area contributed by atoms with E-state index in [9.17, 15) is 4.79 Å². The van der Waals surface area contributed by atoms with Gasteiger partial charge in [0, 0.05) is 32.7 Å². The third kappa shape index (κ3) is 4.43. The lowest BCUT2D eigenvalue weighted by molar-refractivity contribution is 0.194. The zero-order chi connectivity index (χ0) is 15.9. The highest BCUT2D eigenvalue weighted by Crippen LogP contribution is 2.33. The van der Waals surface area contributed by atoms with Crippen molar-refractivity contribution in [2.24, 2.45) is 0 Å². The molecule has 1 heterocycles. The van der Waals surface area contributed by atoms with Crippen molar-refractivity contribution >= 4 is 34.9 Å². The van der Waals surface area contributed by atoms with Gasteiger partial charge in [0.15, 0.2) is 0 Å². The second kappa shape index (κ2) is 8.49. The van der Waals surface area contributed by atoms with Crippen molar-refractivity contribution in [1.82, 2.24) is 10.2 Å². The van der Waals surface area contributed by atoms with Gasteiger partial charge in [-0.25, -0.2) is 4.79 Å². The summed E-state index contributed by atoms with van der Waals surface area (Å²) in [5, 5.41) is 4.30. The van der Waals surface area contributed by atoms with Gasteiger partial charge in [-0.1, -0.05) is 49.0 Å². The van der Waals surface area contributed by atoms with Gasteiger partial charge in [0.2, 0.25) is 0 Å². The van der Waals surface area contributed by atoms with Crippen LogP contribution < -0.4 is 10.2 Å². The van der Waals surface area contributed by atoms with Gasteiger partial charge in [-0.15, -0.1) is 0 Å². The van der Waals surface area contributed by atoms with Crippen molar-refractivity contribution in [3.63, 3.8) is 0 Å². The van der Waals surface area contributed by atoms with Gasteiger partial charge in [0.05, 0.1) is 15.7 Å². The monoisotopic (exact) mass is 343 g/mol. The molecule has 0 spiro atoms. The van der Waals surface area contributed by atoms with Crippen LogP contribution in [0.3, 0.4) is 0 Å². The first kappa shape index (κ1) is 17.2. The number of nitrogens with zero attached hydrogens (tertiary/aromatic N) is 2. The summed E-state index contributed by atoms with van der Waals surface area (Å²) in [6.07, 6.45) is 3.35. The molecule has 2 rings (SSSR count). The van der Waals surface area contributed by atoms with E-state index in [2.05, 4.69) is 17.1 Å². The van der Waals surface area contributed by atoms with Crippen LogP contribution in [0.5, 0.6) is 0 Å². The molecule has 1 N–H and O–H groups in total. The summed E-state index contributed by atoms with van der Waals surface area (Å²) in [4.78, 5) is 16.1. The quantitative estimate of drug-likeness (QED) is 0.819. The topological polar surface area (TPSA) is 35.6 Å². The number of rotatable bonds is 5. The number of carbonyl (C=O) groups excluding carboxylic acids is 1. The molecule has 0 bridgehead atoms. The van der Waals surface area contributed by atoms with Gasteiger partial charge in [-0.3, -0.25) is 0 Å². The van der Waals surface area contributed by atoms with Gasteiger partial charge in [-0.05, 0) is 18.6 Å². The van der Waals surface area contributed by atoms with Crippen LogP contribution >= 0.6 is 23.2 Å². The molecule has 0 radical (unpaired) electrons. The standard InChI is InChI=1S/C16H23Cl2N3O/c1-2-3-4-8-19-16(22)21-11-9-20(10-12-21)15-13(17)6-5-7-14(15)18/h5-7H,2-4,8-12H2,1H3,(H,19,22). The van der Waals surface area contributed by atoms with Crippen molar-refractivity contribution in [2.45, 2.75) is 26.2 Å². The van der Waals surface area contributed by atoms with Crippen molar-refractivity contribution in [3.05, 3.63) is 28.2 Å². The summed E-state index contributed by atoms with van der Waals surface area (Å²) < 4.78 is 0. The first-order valence-electron chi connectivity index (χ1n) is 7.85. The molecule has 4 nitrogen and oxygen atoms in total. The number of unbranched alkanes of at least 4 members (excludes halogenated alkanes) is 2. The Kier molecular flexibility index (Phi) is 6.65. The van der Waals surface area contributed by atoms with E-state index in [4.69, 9.17) is 23.2 Å². The number of carbonyl (C=O) groups is 1. The Bertz CT molecular complexity index is 482. The zero-order valence-electron chi connectivity index (χ0n) is 12.9. The Balaban J connectivity index is 1.84. The number of nitrogens with one attached hydrogen (secondary N) is 1. The van der Waals surface area contributed by atoms with Crippen LogP contribution in [-0.2, 0) is 0 Å². The number of benzene rings is 1. The van der Waals surface area contributed by atoms with Gasteiger partial charge < -0.3 is 15.1 Å². The van der Waals surface area contributed by atoms with E-state index in [1.54, 1.807) is 0 Å². The van der Waals surface area contributed by atoms with Crippen LogP contribution in [0, 0.1) is 0 Å². The molecular formula is C16H23Cl2N3O. The SMILES string of the molecule is CCCCCNC(=O)N1CCN(c2c(Cl)cccc2Cl)CC1. The highest BCUT2D eigenvalue weighted by molar-refractivity contribution is 6.39. The van der Waals surface area contributed by atoms with E-state index in [1.165, 1.54) is 0 Å². The Hall–Kier alpha value is -1.13. The Morgan fingerprint density at radius 1 is 1.14 bits per heavy atom. The normalized spacial score (nSPS) is 15.0. The van der Waals surface area contributed by atoms with Gasteiger partial charge >= 0.3 is 6.03 Å². The van der Waals surface area contributed by atoms with Gasteiger partial charge in [-0.2, -0.15) is 0 Å². The largest absolute Gasteiger partial charge is 0.366 e. The number of hydrogen-bond acceptors (Lipinski definition) is 2. The fourth-order valence-corrected chi connectivity index (χ4v) is 3.24. The van der Waals surface area contributed by atoms with Gasteiger partial charge in [0.1, 0.15) is 0 Å². The summed E-state index contributed by atoms with van der Waals surface area (Å²) >= 11 is 12.5. The predicted octanol–water partition coefficient (Wildman–Crippen LogP) is 4.02. The first-order valence-corrected chi connectivity index (χ1v) is 8.60. The molecule has 1 aromatic rings. The summed E-state index contributed by atoms with van der Waals surface area (Å²) in [7, 11) is 0. The third-order valence-electron chi connectivity index (χ3n) is 3.88. The van der Waals surface area contributed by atoms with E-state index in [-0.39, 0.29) is 6.03 Å². The molecule has 0 unspecified atom stereocenters. The number of piperazine rings is 1. The molecule has 1 aromatic carbocycles. The molecule has 22 heavy (non-hydrogen) atoms. The summed E-state index contributed by atoms with van der Waals surface area (Å²) in [5.41, 5.74) is 0.869. The maximum absolute atomic E-state index is 12.1. The molecule has 1 aliphatic heterocycles. The second-order valence-electron chi connectivity index (χ2n) is 5.48. The molecule has 0 aliphatic carbocycles. The number of hydrogen-bond donors (Lipinski definition) is 1. The Morgan fingerprint density at radius 2 is 1.77 bits per heavy atom. The van der Waals surface area contributed by atoms with Crippen LogP contribution in [0.4, 0.5) is 10.5 Å². The summed E-state index contributed by atoms with van der Waals surface area (Å²) in [5.74, 6) is 0. The van der Waals surface area contributed by atoms with Crippen LogP contribution in [-0.4, -0.2) is 43.7 Å². The third-order valence-corrected chi connectivity index (χ3v) is 4.49. The fraction of sp³-hybridized carbons (Fsp3) is 0.562. The molecule has 2 amide bonds. The Morgan fingerprint density at radius 3 is 2.36 bits per heavy atom. The number of para-hydroxylation sites is 1. The van der Waals surface area contributed by atoms with E-state index in [1.807, 2.05) is 23.1 Å². The maximum atomic E-state index is 12.1. The highest BCUT2D eigenvalue weighted by Gasteiger charge is 2.23. The minimum Gasteiger partial charge on any atom is -0.366 e. The van der Waals surface area contributed by atoms with Crippen LogP contribution in [0.2, 0.25) is 10.0 Å². The van der Waals surface area contributed by atoms with E-state index >= 15 is 0 Å². The maximum Gasteiger partial charge on any atom is 0.317 e. The lowest BCUT2D eigenvalue weighted by Gasteiger charge is -2.36. The van der Waals surface area contributed by atoms with E-state index in [0.29, 0.717) is 23.1 Å². The zero-order valence-corrected chi connectivity index (χ0v) is 14.5. The van der Waals surface area contributed by atoms with Crippen molar-refractivity contribution in [3.8, 4) is 0 Å². The molecule has 6 heteroatoms. The van der Waals surface area contributed by atoms with Crippen molar-refractivity contribution in [2.75, 3.05) is 37.6 Å². The van der Waals surface area contributed by atoms with Gasteiger partial charge in [0.25, 0.3) is 0 Å². The minimum absolute atomic E-state index is 0.0287. The average molecular weight is 344 g/mol. The molecule has 1 saturated heterocycles. The molecular weight excluding hydrogens is 321 g/mol. The average Bonchev–Trinajstić information content (AvgIpc) is 2.52. The summed E-state index contributed by atoms with van der Waals surface area (Å²) in [6.45, 7) is 5.75. The number of amides is 2. The second-order valence-corrected chi connectivity index (χ2v) is 6.30. The number of anilines is 1. The molecule has 1 fully saturated rings. The predicted molar refractivity (Wildman–Crippen MR) is 93.2 cm³/mol. The molecule has 1 aliphatic rings. The molecule has 0 saturated carbocycles. The lowest BCUT2D eigenvalue weighted by atomic mass is 10.2. The lowest BCUT2D eigenvalue weighted by Crippen LogP contribution is -2.52. The van der Waals surface area contributed by atoms with Crippen molar-refractivity contribution < 1.29 is 4.79 Å². The Labute approximate surface area is 142 Å². The summed E-state index contributed by atoms with van der Waals surface area (Å²) in [6, 6.07) is 5.56. The minimum atomic E-state index is 0.0287. The van der Waals surface area contributed by atoms with E-state index in [0.717, 1.165) is 44.6 Å². The highest BCUT2D eigenvalue weighted by atomic mass is 35.5. The van der Waals surface area contributed by atoms with E-state index < -0.39 is 0 Å². The number of halogens is 2. The first-order chi connectivity index (χ1) is 10.6.